The molecular formula is C11H17N9O. The predicted octanol–water partition coefficient (Wildman–Crippen LogP) is -0.677. The highest BCUT2D eigenvalue weighted by atomic mass is 16.2. The molecule has 0 atom stereocenters. The average molecular weight is 291 g/mol. The molecule has 2 rings (SSSR count). The number of urea groups is 1. The zero-order chi connectivity index (χ0) is 15.2. The van der Waals surface area contributed by atoms with Gasteiger partial charge in [-0.15, -0.1) is 0 Å². The summed E-state index contributed by atoms with van der Waals surface area (Å²) in [6.07, 6.45) is 4.88. The van der Waals surface area contributed by atoms with Crippen LogP contribution in [0.2, 0.25) is 0 Å². The molecule has 0 saturated heterocycles. The summed E-state index contributed by atoms with van der Waals surface area (Å²) in [6, 6.07) is -0.161. The summed E-state index contributed by atoms with van der Waals surface area (Å²) in [4.78, 5) is 28.9. The van der Waals surface area contributed by atoms with Crippen molar-refractivity contribution in [3.63, 3.8) is 0 Å². The van der Waals surface area contributed by atoms with E-state index in [4.69, 9.17) is 5.73 Å². The van der Waals surface area contributed by atoms with Crippen molar-refractivity contribution in [2.45, 2.75) is 0 Å². The SMILES string of the molecule is CN(C)C(=O)NCCNc1nc(N)nc(-n2ccnc2)n1. The first-order valence-electron chi connectivity index (χ1n) is 6.25. The second kappa shape index (κ2) is 6.50. The van der Waals surface area contributed by atoms with E-state index in [9.17, 15) is 4.79 Å². The van der Waals surface area contributed by atoms with Crippen LogP contribution in [-0.2, 0) is 0 Å². The molecule has 2 aromatic heterocycles. The Labute approximate surface area is 121 Å². The smallest absolute Gasteiger partial charge is 0.316 e. The number of nitrogens with zero attached hydrogens (tertiary/aromatic N) is 6. The maximum Gasteiger partial charge on any atom is 0.316 e. The van der Waals surface area contributed by atoms with Gasteiger partial charge in [0, 0.05) is 39.6 Å². The average Bonchev–Trinajstić information content (AvgIpc) is 2.96. The van der Waals surface area contributed by atoms with Gasteiger partial charge in [-0.1, -0.05) is 0 Å². The van der Waals surface area contributed by atoms with Crippen molar-refractivity contribution >= 4 is 17.9 Å². The van der Waals surface area contributed by atoms with Gasteiger partial charge in [-0.2, -0.15) is 15.0 Å². The molecule has 0 unspecified atom stereocenters. The maximum atomic E-state index is 11.3. The highest BCUT2D eigenvalue weighted by molar-refractivity contribution is 5.73. The molecule has 112 valence electrons. The molecule has 0 bridgehead atoms. The van der Waals surface area contributed by atoms with Crippen LogP contribution >= 0.6 is 0 Å². The van der Waals surface area contributed by atoms with Gasteiger partial charge >= 0.3 is 6.03 Å². The van der Waals surface area contributed by atoms with Crippen molar-refractivity contribution in [3.8, 4) is 5.95 Å². The second-order valence-electron chi connectivity index (χ2n) is 4.34. The van der Waals surface area contributed by atoms with Gasteiger partial charge in [-0.05, 0) is 0 Å². The van der Waals surface area contributed by atoms with Gasteiger partial charge in [-0.3, -0.25) is 4.57 Å². The predicted molar refractivity (Wildman–Crippen MR) is 76.9 cm³/mol. The van der Waals surface area contributed by atoms with E-state index >= 15 is 0 Å². The summed E-state index contributed by atoms with van der Waals surface area (Å²) in [5, 5.41) is 5.69. The summed E-state index contributed by atoms with van der Waals surface area (Å²) in [5.74, 6) is 0.818. The quantitative estimate of drug-likeness (QED) is 0.623. The van der Waals surface area contributed by atoms with E-state index in [0.29, 0.717) is 25.0 Å². The van der Waals surface area contributed by atoms with E-state index in [1.807, 2.05) is 0 Å². The number of hydrogen-bond donors (Lipinski definition) is 3. The van der Waals surface area contributed by atoms with Crippen LogP contribution in [0.5, 0.6) is 0 Å². The van der Waals surface area contributed by atoms with E-state index in [1.54, 1.807) is 37.4 Å². The highest BCUT2D eigenvalue weighted by Gasteiger charge is 2.06. The second-order valence-corrected chi connectivity index (χ2v) is 4.34. The zero-order valence-electron chi connectivity index (χ0n) is 11.8. The third-order valence-electron chi connectivity index (χ3n) is 2.47. The fourth-order valence-electron chi connectivity index (χ4n) is 1.45. The Kier molecular flexibility index (Phi) is 4.49. The lowest BCUT2D eigenvalue weighted by molar-refractivity contribution is 0.218. The normalized spacial score (nSPS) is 10.2. The fraction of sp³-hybridized carbons (Fsp3) is 0.364. The largest absolute Gasteiger partial charge is 0.368 e. The molecule has 4 N–H and O–H groups in total. The van der Waals surface area contributed by atoms with E-state index < -0.39 is 0 Å². The van der Waals surface area contributed by atoms with Gasteiger partial charge in [0.15, 0.2) is 0 Å². The van der Waals surface area contributed by atoms with Gasteiger partial charge < -0.3 is 21.3 Å². The minimum absolute atomic E-state index is 0.105. The monoisotopic (exact) mass is 291 g/mol. The zero-order valence-corrected chi connectivity index (χ0v) is 11.8. The van der Waals surface area contributed by atoms with Crippen molar-refractivity contribution in [2.75, 3.05) is 38.2 Å². The Hall–Kier alpha value is -2.91. The molecule has 2 amide bonds. The van der Waals surface area contributed by atoms with Crippen molar-refractivity contribution in [1.29, 1.82) is 0 Å². The molecule has 0 spiro atoms. The fourth-order valence-corrected chi connectivity index (χ4v) is 1.45. The lowest BCUT2D eigenvalue weighted by Gasteiger charge is -2.12. The molecule has 10 nitrogen and oxygen atoms in total. The molecule has 2 heterocycles. The molecular weight excluding hydrogens is 274 g/mol. The van der Waals surface area contributed by atoms with Crippen LogP contribution in [-0.4, -0.2) is 62.6 Å². The number of aromatic nitrogens is 5. The molecule has 10 heteroatoms. The van der Waals surface area contributed by atoms with E-state index in [-0.39, 0.29) is 12.0 Å². The molecule has 0 aliphatic heterocycles. The molecule has 0 saturated carbocycles. The number of hydrogen-bond acceptors (Lipinski definition) is 7. The lowest BCUT2D eigenvalue weighted by Crippen LogP contribution is -2.37. The highest BCUT2D eigenvalue weighted by Crippen LogP contribution is 2.06. The minimum atomic E-state index is -0.161. The van der Waals surface area contributed by atoms with Crippen molar-refractivity contribution in [2.24, 2.45) is 0 Å². The molecule has 0 fully saturated rings. The molecule has 21 heavy (non-hydrogen) atoms. The number of imidazole rings is 1. The molecule has 0 radical (unpaired) electrons. The summed E-state index contributed by atoms with van der Waals surface area (Å²) in [5.41, 5.74) is 5.65. The number of nitrogen functional groups attached to an aromatic ring is 1. The topological polar surface area (TPSA) is 127 Å². The molecule has 0 aliphatic carbocycles. The number of carbonyl (C=O) groups is 1. The Morgan fingerprint density at radius 2 is 2.14 bits per heavy atom. The van der Waals surface area contributed by atoms with Crippen molar-refractivity contribution in [3.05, 3.63) is 18.7 Å². The van der Waals surface area contributed by atoms with Crippen LogP contribution < -0.4 is 16.4 Å². The third-order valence-corrected chi connectivity index (χ3v) is 2.47. The standard InChI is InChI=1S/C11H17N9O/c1-19(2)11(21)15-4-3-14-9-16-8(12)17-10(18-9)20-6-5-13-7-20/h5-7H,3-4H2,1-2H3,(H,15,21)(H3,12,14,16,17,18). The summed E-state index contributed by atoms with van der Waals surface area (Å²) < 4.78 is 1.62. The number of amides is 2. The number of rotatable bonds is 5. The number of nitrogens with one attached hydrogen (secondary N) is 2. The minimum Gasteiger partial charge on any atom is -0.368 e. The number of nitrogens with two attached hydrogens (primary N) is 1. The maximum absolute atomic E-state index is 11.3. The molecule has 0 aromatic carbocycles. The molecule has 2 aromatic rings. The number of carbonyl (C=O) groups excluding carboxylic acids is 1. The van der Waals surface area contributed by atoms with Crippen LogP contribution in [0.15, 0.2) is 18.7 Å². The van der Waals surface area contributed by atoms with Crippen LogP contribution in [0.4, 0.5) is 16.7 Å². The Morgan fingerprint density at radius 3 is 2.81 bits per heavy atom. The van der Waals surface area contributed by atoms with Crippen LogP contribution in [0, 0.1) is 0 Å². The Bertz CT molecular complexity index is 596. The van der Waals surface area contributed by atoms with E-state index in [0.717, 1.165) is 0 Å². The van der Waals surface area contributed by atoms with Gasteiger partial charge in [0.25, 0.3) is 0 Å². The first-order chi connectivity index (χ1) is 10.1. The first-order valence-corrected chi connectivity index (χ1v) is 6.25. The van der Waals surface area contributed by atoms with Gasteiger partial charge in [0.2, 0.25) is 17.8 Å². The van der Waals surface area contributed by atoms with Crippen molar-refractivity contribution in [1.82, 2.24) is 34.7 Å². The molecule has 0 aliphatic rings. The van der Waals surface area contributed by atoms with E-state index in [2.05, 4.69) is 30.6 Å². The van der Waals surface area contributed by atoms with Crippen molar-refractivity contribution < 1.29 is 4.79 Å². The van der Waals surface area contributed by atoms with Crippen LogP contribution in [0.1, 0.15) is 0 Å². The Balaban J connectivity index is 1.93. The van der Waals surface area contributed by atoms with Gasteiger partial charge in [0.05, 0.1) is 0 Å². The Morgan fingerprint density at radius 1 is 1.33 bits per heavy atom. The van der Waals surface area contributed by atoms with Gasteiger partial charge in [0.1, 0.15) is 6.33 Å². The van der Waals surface area contributed by atoms with Crippen LogP contribution in [0.3, 0.4) is 0 Å². The van der Waals surface area contributed by atoms with Crippen LogP contribution in [0.25, 0.3) is 5.95 Å². The summed E-state index contributed by atoms with van der Waals surface area (Å²) >= 11 is 0. The lowest BCUT2D eigenvalue weighted by atomic mass is 10.6. The summed E-state index contributed by atoms with van der Waals surface area (Å²) in [6.45, 7) is 0.898. The van der Waals surface area contributed by atoms with E-state index in [1.165, 1.54) is 4.90 Å². The first kappa shape index (κ1) is 14.5. The number of anilines is 2. The third kappa shape index (κ3) is 4.03. The van der Waals surface area contributed by atoms with Gasteiger partial charge in [-0.25, -0.2) is 9.78 Å². The summed E-state index contributed by atoms with van der Waals surface area (Å²) in [7, 11) is 3.35.